The van der Waals surface area contributed by atoms with Gasteiger partial charge in [-0.25, -0.2) is 4.79 Å². The molecule has 3 rings (SSSR count). The molecule has 2 aromatic rings. The molecule has 1 aliphatic rings. The number of thiophene rings is 1. The van der Waals surface area contributed by atoms with Crippen LogP contribution in [0.1, 0.15) is 26.3 Å². The zero-order valence-corrected chi connectivity index (χ0v) is 15.3. The lowest BCUT2D eigenvalue weighted by atomic mass is 10.1. The van der Waals surface area contributed by atoms with Gasteiger partial charge >= 0.3 is 6.09 Å². The number of amides is 1. The first kappa shape index (κ1) is 17.3. The summed E-state index contributed by atoms with van der Waals surface area (Å²) in [5.41, 5.74) is -0.123. The number of H-pyrrole nitrogens is 1. The summed E-state index contributed by atoms with van der Waals surface area (Å²) in [6, 6.07) is 3.93. The van der Waals surface area contributed by atoms with Crippen molar-refractivity contribution in [1.82, 2.24) is 9.88 Å². The third kappa shape index (κ3) is 3.46. The highest BCUT2D eigenvalue weighted by atomic mass is 32.1. The maximum Gasteiger partial charge on any atom is 0.410 e. The predicted octanol–water partition coefficient (Wildman–Crippen LogP) is 2.52. The average Bonchev–Trinajstić information content (AvgIpc) is 2.99. The van der Waals surface area contributed by atoms with Gasteiger partial charge in [-0.2, -0.15) is 5.26 Å². The van der Waals surface area contributed by atoms with Crippen LogP contribution >= 0.6 is 11.3 Å². The second-order valence-corrected chi connectivity index (χ2v) is 7.82. The number of hydrogen-bond acceptors (Lipinski definition) is 6. The van der Waals surface area contributed by atoms with E-state index in [4.69, 9.17) is 4.74 Å². The van der Waals surface area contributed by atoms with E-state index in [1.54, 1.807) is 4.90 Å². The number of nitrogens with one attached hydrogen (secondary N) is 1. The van der Waals surface area contributed by atoms with Crippen LogP contribution in [0.3, 0.4) is 0 Å². The summed E-state index contributed by atoms with van der Waals surface area (Å²) in [7, 11) is 0. The number of fused-ring (bicyclic) bond motifs is 1. The fourth-order valence-electron chi connectivity index (χ4n) is 2.87. The van der Waals surface area contributed by atoms with Crippen LogP contribution < -0.4 is 10.5 Å². The van der Waals surface area contributed by atoms with Gasteiger partial charge in [-0.3, -0.25) is 4.79 Å². The number of nitrogens with zero attached hydrogens (tertiary/aromatic N) is 3. The third-order valence-corrected chi connectivity index (χ3v) is 4.80. The van der Waals surface area contributed by atoms with E-state index in [1.807, 2.05) is 43.2 Å². The van der Waals surface area contributed by atoms with Gasteiger partial charge in [0.05, 0.1) is 5.69 Å². The first-order valence-corrected chi connectivity index (χ1v) is 8.94. The molecule has 1 saturated heterocycles. The molecule has 25 heavy (non-hydrogen) atoms. The second kappa shape index (κ2) is 6.41. The number of anilines is 1. The molecule has 0 aliphatic carbocycles. The smallest absolute Gasteiger partial charge is 0.410 e. The summed E-state index contributed by atoms with van der Waals surface area (Å²) in [5.74, 6) is 0. The molecule has 1 fully saturated rings. The highest BCUT2D eigenvalue weighted by molar-refractivity contribution is 7.16. The summed E-state index contributed by atoms with van der Waals surface area (Å²) < 4.78 is 5.40. The quantitative estimate of drug-likeness (QED) is 0.844. The Labute approximate surface area is 149 Å². The first-order valence-electron chi connectivity index (χ1n) is 8.06. The Morgan fingerprint density at radius 2 is 2.00 bits per heavy atom. The minimum absolute atomic E-state index is 0.122. The van der Waals surface area contributed by atoms with Crippen molar-refractivity contribution in [2.45, 2.75) is 26.4 Å². The van der Waals surface area contributed by atoms with E-state index in [0.29, 0.717) is 31.9 Å². The topological polar surface area (TPSA) is 89.4 Å². The fourth-order valence-corrected chi connectivity index (χ4v) is 3.66. The van der Waals surface area contributed by atoms with Crippen molar-refractivity contribution < 1.29 is 9.53 Å². The molecule has 1 N–H and O–H groups in total. The number of nitriles is 1. The lowest BCUT2D eigenvalue weighted by Crippen LogP contribution is -2.50. The fraction of sp³-hybridized carbons (Fsp3) is 0.471. The Kier molecular flexibility index (Phi) is 4.43. The van der Waals surface area contributed by atoms with Gasteiger partial charge in [-0.15, -0.1) is 11.3 Å². The van der Waals surface area contributed by atoms with Crippen molar-refractivity contribution in [1.29, 1.82) is 5.26 Å². The molecule has 0 spiro atoms. The number of hydrogen-bond donors (Lipinski definition) is 1. The Balaban J connectivity index is 1.83. The highest BCUT2D eigenvalue weighted by Gasteiger charge is 2.28. The minimum Gasteiger partial charge on any atom is -0.444 e. The molecular weight excluding hydrogens is 340 g/mol. The largest absolute Gasteiger partial charge is 0.444 e. The van der Waals surface area contributed by atoms with Crippen LogP contribution in [0.2, 0.25) is 0 Å². The van der Waals surface area contributed by atoms with Gasteiger partial charge in [0.25, 0.3) is 5.56 Å². The Morgan fingerprint density at radius 3 is 2.60 bits per heavy atom. The van der Waals surface area contributed by atoms with Gasteiger partial charge in [-0.05, 0) is 32.2 Å². The van der Waals surface area contributed by atoms with Crippen LogP contribution in [-0.2, 0) is 4.74 Å². The normalized spacial score (nSPS) is 15.3. The van der Waals surface area contributed by atoms with Gasteiger partial charge < -0.3 is 19.5 Å². The van der Waals surface area contributed by atoms with Gasteiger partial charge in [0.15, 0.2) is 0 Å². The number of pyridine rings is 1. The number of aromatic amines is 1. The highest BCUT2D eigenvalue weighted by Crippen LogP contribution is 2.31. The summed E-state index contributed by atoms with van der Waals surface area (Å²) in [6.07, 6.45) is -0.334. The number of piperazine rings is 1. The van der Waals surface area contributed by atoms with Crippen molar-refractivity contribution in [3.8, 4) is 6.07 Å². The Bertz CT molecular complexity index is 895. The van der Waals surface area contributed by atoms with E-state index in [-0.39, 0.29) is 17.2 Å². The summed E-state index contributed by atoms with van der Waals surface area (Å²) in [5, 5.41) is 12.2. The molecule has 3 heterocycles. The van der Waals surface area contributed by atoms with Gasteiger partial charge in [-0.1, -0.05) is 0 Å². The minimum atomic E-state index is -0.530. The third-order valence-electron chi connectivity index (χ3n) is 3.97. The molecule has 0 saturated carbocycles. The van der Waals surface area contributed by atoms with Crippen molar-refractivity contribution in [3.63, 3.8) is 0 Å². The van der Waals surface area contributed by atoms with Crippen LogP contribution in [0, 0.1) is 11.3 Å². The SMILES string of the molecule is CC(C)(C)OC(=O)N1CCN(c2c(C#N)c(=O)[nH]c3sccc23)CC1. The monoisotopic (exact) mass is 360 g/mol. The van der Waals surface area contributed by atoms with E-state index in [1.165, 1.54) is 11.3 Å². The van der Waals surface area contributed by atoms with Gasteiger partial charge in [0.2, 0.25) is 0 Å². The van der Waals surface area contributed by atoms with Crippen LogP contribution in [0.15, 0.2) is 16.2 Å². The molecule has 2 aromatic heterocycles. The molecule has 132 valence electrons. The summed E-state index contributed by atoms with van der Waals surface area (Å²) >= 11 is 1.43. The molecule has 0 aromatic carbocycles. The van der Waals surface area contributed by atoms with Gasteiger partial charge in [0.1, 0.15) is 22.1 Å². The zero-order chi connectivity index (χ0) is 18.2. The van der Waals surface area contributed by atoms with Crippen molar-refractivity contribution >= 4 is 33.3 Å². The lowest BCUT2D eigenvalue weighted by Gasteiger charge is -2.37. The lowest BCUT2D eigenvalue weighted by molar-refractivity contribution is 0.0240. The molecule has 0 bridgehead atoms. The molecule has 1 amide bonds. The van der Waals surface area contributed by atoms with Crippen molar-refractivity contribution in [2.75, 3.05) is 31.1 Å². The van der Waals surface area contributed by atoms with Crippen molar-refractivity contribution in [2.24, 2.45) is 0 Å². The Hall–Kier alpha value is -2.53. The second-order valence-electron chi connectivity index (χ2n) is 6.91. The number of carbonyl (C=O) groups excluding carboxylic acids is 1. The van der Waals surface area contributed by atoms with Crippen LogP contribution in [0.25, 0.3) is 10.2 Å². The molecule has 0 unspecified atom stereocenters. The molecule has 0 atom stereocenters. The van der Waals surface area contributed by atoms with Crippen LogP contribution in [-0.4, -0.2) is 47.8 Å². The molecule has 1 aliphatic heterocycles. The zero-order valence-electron chi connectivity index (χ0n) is 14.5. The van der Waals surface area contributed by atoms with E-state index in [9.17, 15) is 14.9 Å². The molecule has 0 radical (unpaired) electrons. The number of carbonyl (C=O) groups is 1. The number of ether oxygens (including phenoxy) is 1. The predicted molar refractivity (Wildman–Crippen MR) is 97.2 cm³/mol. The van der Waals surface area contributed by atoms with E-state index in [2.05, 4.69) is 4.98 Å². The van der Waals surface area contributed by atoms with E-state index in [0.717, 1.165) is 10.2 Å². The van der Waals surface area contributed by atoms with Crippen LogP contribution in [0.4, 0.5) is 10.5 Å². The van der Waals surface area contributed by atoms with E-state index < -0.39 is 5.60 Å². The first-order chi connectivity index (χ1) is 11.8. The van der Waals surface area contributed by atoms with Crippen LogP contribution in [0.5, 0.6) is 0 Å². The summed E-state index contributed by atoms with van der Waals surface area (Å²) in [6.45, 7) is 7.57. The average molecular weight is 360 g/mol. The molecular formula is C17H20N4O3S. The maximum atomic E-state index is 12.2. The maximum absolute atomic E-state index is 12.2. The Morgan fingerprint density at radius 1 is 1.32 bits per heavy atom. The molecule has 7 nitrogen and oxygen atoms in total. The van der Waals surface area contributed by atoms with E-state index >= 15 is 0 Å². The standard InChI is InChI=1S/C17H20N4O3S/c1-17(2,3)24-16(23)21-7-5-20(6-8-21)13-11-4-9-25-15(11)19-14(22)12(13)10-18/h4,9H,5-8H2,1-3H3,(H,19,22). The van der Waals surface area contributed by atoms with Gasteiger partial charge in [0, 0.05) is 31.6 Å². The molecule has 8 heteroatoms. The van der Waals surface area contributed by atoms with Crippen molar-refractivity contribution in [3.05, 3.63) is 27.4 Å². The number of rotatable bonds is 1. The number of aromatic nitrogens is 1. The summed E-state index contributed by atoms with van der Waals surface area (Å²) in [4.78, 5) is 31.5.